The van der Waals surface area contributed by atoms with Crippen LogP contribution >= 0.6 is 15.9 Å². The zero-order valence-electron chi connectivity index (χ0n) is 23.6. The molecule has 0 atom stereocenters. The quantitative estimate of drug-likeness (QED) is 0.221. The van der Waals surface area contributed by atoms with Gasteiger partial charge in [0, 0.05) is 5.69 Å². The highest BCUT2D eigenvalue weighted by molar-refractivity contribution is 9.10. The van der Waals surface area contributed by atoms with Crippen LogP contribution in [0.4, 0.5) is 16.2 Å². The van der Waals surface area contributed by atoms with Crippen LogP contribution in [-0.4, -0.2) is 43.6 Å². The topological polar surface area (TPSA) is 123 Å². The van der Waals surface area contributed by atoms with Gasteiger partial charge in [-0.1, -0.05) is 6.07 Å². The number of barbiturate groups is 1. The highest BCUT2D eigenvalue weighted by Gasteiger charge is 2.37. The van der Waals surface area contributed by atoms with Gasteiger partial charge >= 0.3 is 6.03 Å². The van der Waals surface area contributed by atoms with Crippen molar-refractivity contribution in [2.45, 2.75) is 27.7 Å². The fraction of sp³-hybridized carbons (Fsp3) is 0.226. The summed E-state index contributed by atoms with van der Waals surface area (Å²) < 4.78 is 17.4. The van der Waals surface area contributed by atoms with Crippen LogP contribution in [0.15, 0.2) is 64.6 Å². The van der Waals surface area contributed by atoms with Crippen LogP contribution in [0.5, 0.6) is 17.2 Å². The Kier molecular flexibility index (Phi) is 9.64. The number of anilines is 2. The van der Waals surface area contributed by atoms with Gasteiger partial charge in [0.15, 0.2) is 18.1 Å². The molecule has 0 aromatic heterocycles. The maximum Gasteiger partial charge on any atom is 0.335 e. The number of imide groups is 2. The fourth-order valence-corrected chi connectivity index (χ4v) is 4.72. The number of carbonyl (C=O) groups excluding carboxylic acids is 4. The lowest BCUT2D eigenvalue weighted by Crippen LogP contribution is -2.54. The summed E-state index contributed by atoms with van der Waals surface area (Å²) in [6, 6.07) is 14.3. The number of urea groups is 1. The summed E-state index contributed by atoms with van der Waals surface area (Å²) in [5.74, 6) is -0.825. The lowest BCUT2D eigenvalue weighted by atomic mass is 10.1. The number of hydrogen-bond acceptors (Lipinski definition) is 7. The third-order valence-electron chi connectivity index (χ3n) is 6.29. The normalized spacial score (nSPS) is 14.1. The Labute approximate surface area is 251 Å². The Morgan fingerprint density at radius 2 is 1.64 bits per heavy atom. The van der Waals surface area contributed by atoms with E-state index >= 15 is 0 Å². The van der Waals surface area contributed by atoms with Crippen LogP contribution in [-0.2, 0) is 14.4 Å². The van der Waals surface area contributed by atoms with E-state index in [1.807, 2.05) is 39.0 Å². The average molecular weight is 636 g/mol. The van der Waals surface area contributed by atoms with Gasteiger partial charge in [0.05, 0.1) is 23.4 Å². The van der Waals surface area contributed by atoms with E-state index in [4.69, 9.17) is 14.2 Å². The number of aryl methyl sites for hydroxylation is 2. The lowest BCUT2D eigenvalue weighted by Gasteiger charge is -2.26. The minimum Gasteiger partial charge on any atom is -0.494 e. The van der Waals surface area contributed by atoms with E-state index in [9.17, 15) is 19.2 Å². The molecule has 5 amide bonds. The summed E-state index contributed by atoms with van der Waals surface area (Å²) in [4.78, 5) is 52.0. The molecule has 2 N–H and O–H groups in total. The molecule has 1 aliphatic rings. The number of carbonyl (C=O) groups is 4. The highest BCUT2D eigenvalue weighted by atomic mass is 79.9. The molecule has 1 fully saturated rings. The van der Waals surface area contributed by atoms with Crippen LogP contribution in [0.3, 0.4) is 0 Å². The van der Waals surface area contributed by atoms with Crippen LogP contribution in [0, 0.1) is 13.8 Å². The SMILES string of the molecule is CCOc1ccc(N2C(=O)NC(=O)/C(=C\c3cc(Br)c(OCC(=O)Nc4ccc(C)c(C)c4)c(OCC)c3)C2=O)cc1. The van der Waals surface area contributed by atoms with E-state index < -0.39 is 17.8 Å². The van der Waals surface area contributed by atoms with Crippen LogP contribution in [0.1, 0.15) is 30.5 Å². The van der Waals surface area contributed by atoms with Gasteiger partial charge in [0.2, 0.25) is 0 Å². The van der Waals surface area contributed by atoms with Crippen molar-refractivity contribution in [3.63, 3.8) is 0 Å². The Morgan fingerprint density at radius 1 is 0.929 bits per heavy atom. The number of nitrogens with one attached hydrogen (secondary N) is 2. The number of rotatable bonds is 10. The Balaban J connectivity index is 1.56. The number of ether oxygens (including phenoxy) is 3. The molecule has 42 heavy (non-hydrogen) atoms. The minimum absolute atomic E-state index is 0.251. The average Bonchev–Trinajstić information content (AvgIpc) is 2.94. The van der Waals surface area contributed by atoms with E-state index in [1.54, 1.807) is 43.3 Å². The summed E-state index contributed by atoms with van der Waals surface area (Å²) >= 11 is 3.45. The molecule has 0 unspecified atom stereocenters. The number of nitrogens with zero attached hydrogens (tertiary/aromatic N) is 1. The van der Waals surface area contributed by atoms with Crippen molar-refractivity contribution in [2.24, 2.45) is 0 Å². The third kappa shape index (κ3) is 6.98. The van der Waals surface area contributed by atoms with Gasteiger partial charge in [-0.2, -0.15) is 0 Å². The molecule has 3 aromatic rings. The first-order valence-corrected chi connectivity index (χ1v) is 14.0. The molecule has 0 aliphatic carbocycles. The van der Waals surface area contributed by atoms with Gasteiger partial charge in [0.1, 0.15) is 11.3 Å². The summed E-state index contributed by atoms with van der Waals surface area (Å²) in [6.45, 7) is 8.05. The second-order valence-electron chi connectivity index (χ2n) is 9.28. The van der Waals surface area contributed by atoms with E-state index in [-0.39, 0.29) is 36.1 Å². The first-order chi connectivity index (χ1) is 20.1. The molecular weight excluding hydrogens is 606 g/mol. The first kappa shape index (κ1) is 30.3. The maximum absolute atomic E-state index is 13.3. The zero-order valence-corrected chi connectivity index (χ0v) is 25.2. The molecule has 0 radical (unpaired) electrons. The summed E-state index contributed by atoms with van der Waals surface area (Å²) in [7, 11) is 0. The van der Waals surface area contributed by atoms with Crippen molar-refractivity contribution in [3.05, 3.63) is 81.3 Å². The van der Waals surface area contributed by atoms with E-state index in [1.165, 1.54) is 6.08 Å². The van der Waals surface area contributed by atoms with E-state index in [2.05, 4.69) is 26.6 Å². The molecule has 0 saturated carbocycles. The van der Waals surface area contributed by atoms with Gasteiger partial charge in [-0.15, -0.1) is 0 Å². The molecule has 3 aromatic carbocycles. The van der Waals surface area contributed by atoms with Crippen molar-refractivity contribution in [3.8, 4) is 17.2 Å². The molecule has 0 spiro atoms. The number of halogens is 1. The molecule has 1 heterocycles. The largest absolute Gasteiger partial charge is 0.494 e. The van der Waals surface area contributed by atoms with Crippen molar-refractivity contribution < 1.29 is 33.4 Å². The second-order valence-corrected chi connectivity index (χ2v) is 10.1. The summed E-state index contributed by atoms with van der Waals surface area (Å²) in [5, 5.41) is 5.02. The van der Waals surface area contributed by atoms with Gasteiger partial charge < -0.3 is 19.5 Å². The number of benzene rings is 3. The van der Waals surface area contributed by atoms with Crippen LogP contribution < -0.4 is 29.7 Å². The molecule has 10 nitrogen and oxygen atoms in total. The predicted molar refractivity (Wildman–Crippen MR) is 162 cm³/mol. The van der Waals surface area contributed by atoms with Crippen molar-refractivity contribution >= 4 is 57.1 Å². The smallest absolute Gasteiger partial charge is 0.335 e. The van der Waals surface area contributed by atoms with Crippen LogP contribution in [0.2, 0.25) is 0 Å². The molecule has 218 valence electrons. The Hall–Kier alpha value is -4.64. The van der Waals surface area contributed by atoms with Gasteiger partial charge in [-0.3, -0.25) is 19.7 Å². The lowest BCUT2D eigenvalue weighted by molar-refractivity contribution is -0.122. The second kappa shape index (κ2) is 13.3. The summed E-state index contributed by atoms with van der Waals surface area (Å²) in [6.07, 6.45) is 1.36. The van der Waals surface area contributed by atoms with Crippen molar-refractivity contribution in [1.82, 2.24) is 5.32 Å². The predicted octanol–water partition coefficient (Wildman–Crippen LogP) is 5.55. The number of hydrogen-bond donors (Lipinski definition) is 2. The summed E-state index contributed by atoms with van der Waals surface area (Å²) in [5.41, 5.74) is 3.28. The molecule has 1 saturated heterocycles. The maximum atomic E-state index is 13.3. The standard InChI is InChI=1S/C31H30BrN3O7/c1-5-40-23-11-9-22(10-12-23)35-30(38)24(29(37)34-31(35)39)14-20-15-25(32)28(26(16-20)41-6-2)42-17-27(36)33-21-8-7-18(3)19(4)13-21/h7-16H,5-6,17H2,1-4H3,(H,33,36)(H,34,37,39)/b24-14+. The Bertz CT molecular complexity index is 1570. The first-order valence-electron chi connectivity index (χ1n) is 13.2. The minimum atomic E-state index is -0.856. The van der Waals surface area contributed by atoms with Gasteiger partial charge in [-0.25, -0.2) is 9.69 Å². The molecular formula is C31H30BrN3O7. The zero-order chi connectivity index (χ0) is 30.4. The highest BCUT2D eigenvalue weighted by Crippen LogP contribution is 2.38. The van der Waals surface area contributed by atoms with Crippen LogP contribution in [0.25, 0.3) is 6.08 Å². The molecule has 11 heteroatoms. The van der Waals surface area contributed by atoms with Crippen molar-refractivity contribution in [1.29, 1.82) is 0 Å². The fourth-order valence-electron chi connectivity index (χ4n) is 4.14. The van der Waals surface area contributed by atoms with Gasteiger partial charge in [0.25, 0.3) is 17.7 Å². The monoisotopic (exact) mass is 635 g/mol. The van der Waals surface area contributed by atoms with Gasteiger partial charge in [-0.05, 0) is 115 Å². The van der Waals surface area contributed by atoms with E-state index in [0.29, 0.717) is 33.8 Å². The molecule has 1 aliphatic heterocycles. The molecule has 4 rings (SSSR count). The number of amides is 5. The van der Waals surface area contributed by atoms with Crippen molar-refractivity contribution in [2.75, 3.05) is 30.0 Å². The molecule has 0 bridgehead atoms. The Morgan fingerprint density at radius 3 is 2.31 bits per heavy atom. The van der Waals surface area contributed by atoms with E-state index in [0.717, 1.165) is 16.0 Å². The third-order valence-corrected chi connectivity index (χ3v) is 6.88.